The molecular weight excluding hydrogens is 176 g/mol. The van der Waals surface area contributed by atoms with E-state index in [2.05, 4.69) is 20.5 Å². The average Bonchev–Trinajstić information content (AvgIpc) is 1.78. The molecule has 0 aromatic carbocycles. The third-order valence-corrected chi connectivity index (χ3v) is 0.639. The van der Waals surface area contributed by atoms with Crippen molar-refractivity contribution in [3.8, 4) is 0 Å². The van der Waals surface area contributed by atoms with E-state index in [4.69, 9.17) is 0 Å². The van der Waals surface area contributed by atoms with Crippen LogP contribution in [0.25, 0.3) is 0 Å². The largest absolute Gasteiger partial charge is 0.196 e. The van der Waals surface area contributed by atoms with Crippen molar-refractivity contribution in [2.24, 2.45) is 20.5 Å². The van der Waals surface area contributed by atoms with Crippen molar-refractivity contribution in [1.82, 2.24) is 0 Å². The van der Waals surface area contributed by atoms with Gasteiger partial charge in [0, 0.05) is 7.05 Å². The van der Waals surface area contributed by atoms with Gasteiger partial charge >= 0.3 is 0 Å². The number of nitrogens with zero attached hydrogens (tertiary/aromatic N) is 4. The Bertz CT molecular complexity index is 134. The van der Waals surface area contributed by atoms with Crippen LogP contribution in [0.2, 0.25) is 0 Å². The predicted octanol–water partition coefficient (Wildman–Crippen LogP) is 4.82. The molecule has 0 amide bonds. The smallest absolute Gasteiger partial charge is 0.170 e. The molecule has 0 unspecified atom stereocenters. The van der Waals surface area contributed by atoms with Gasteiger partial charge in [-0.15, -0.1) is 0 Å². The van der Waals surface area contributed by atoms with Gasteiger partial charge in [0.2, 0.25) is 0 Å². The van der Waals surface area contributed by atoms with Crippen LogP contribution >= 0.6 is 0 Å². The molecule has 4 heteroatoms. The number of hydrogen-bond donors (Lipinski definition) is 0. The molecule has 0 atom stereocenters. The lowest BCUT2D eigenvalue weighted by atomic mass is 10.1. The van der Waals surface area contributed by atoms with E-state index in [-0.39, 0.29) is 35.2 Å². The minimum atomic E-state index is -0.0940. The first kappa shape index (κ1) is 29.2. The van der Waals surface area contributed by atoms with Crippen molar-refractivity contribution < 1.29 is 0 Å². The fraction of sp³-hybridized carbons (Fsp3) is 1.00. The van der Waals surface area contributed by atoms with Crippen LogP contribution in [-0.2, 0) is 0 Å². The van der Waals surface area contributed by atoms with E-state index in [0.29, 0.717) is 6.67 Å². The van der Waals surface area contributed by atoms with E-state index < -0.39 is 0 Å². The van der Waals surface area contributed by atoms with Crippen molar-refractivity contribution in [1.29, 1.82) is 0 Å². The summed E-state index contributed by atoms with van der Waals surface area (Å²) in [4.78, 5) is 0. The van der Waals surface area contributed by atoms with Gasteiger partial charge in [-0.25, -0.2) is 0 Å². The molecule has 0 aliphatic heterocycles. The molecule has 0 heterocycles. The second kappa shape index (κ2) is 14.7. The first-order valence-corrected chi connectivity index (χ1v) is 3.20. The molecule has 0 aromatic rings. The van der Waals surface area contributed by atoms with Crippen LogP contribution in [0.4, 0.5) is 0 Å². The molecule has 14 heavy (non-hydrogen) atoms. The van der Waals surface area contributed by atoms with Crippen LogP contribution in [-0.4, -0.2) is 19.3 Å². The summed E-state index contributed by atoms with van der Waals surface area (Å²) >= 11 is 0. The van der Waals surface area contributed by atoms with Crippen molar-refractivity contribution in [2.45, 2.75) is 56.0 Å². The summed E-state index contributed by atoms with van der Waals surface area (Å²) in [5, 5.41) is 14.9. The summed E-state index contributed by atoms with van der Waals surface area (Å²) in [7, 11) is 1.62. The van der Waals surface area contributed by atoms with Gasteiger partial charge in [0.1, 0.15) is 0 Å². The van der Waals surface area contributed by atoms with Gasteiger partial charge in [0.25, 0.3) is 0 Å². The highest BCUT2D eigenvalue weighted by Gasteiger charge is 2.05. The van der Waals surface area contributed by atoms with E-state index in [0.717, 1.165) is 0 Å². The Labute approximate surface area is 90.9 Å². The standard InChI is InChI=1S/C6H14N4.4CH4/c1-6(2,3)10-9-5-8-7-4;;;;/h5H2,1-4H3;4*1H4. The lowest BCUT2D eigenvalue weighted by Crippen LogP contribution is -2.07. The zero-order valence-corrected chi connectivity index (χ0v) is 7.00. The normalized spacial score (nSPS) is 9.71. The maximum Gasteiger partial charge on any atom is 0.170 e. The Balaban J connectivity index is -0.0000000675. The van der Waals surface area contributed by atoms with E-state index in [1.807, 2.05) is 20.8 Å². The maximum absolute atomic E-state index is 3.97. The molecule has 0 aliphatic carbocycles. The summed E-state index contributed by atoms with van der Waals surface area (Å²) in [5.74, 6) is 0. The monoisotopic (exact) mass is 206 g/mol. The molecule has 0 spiro atoms. The molecule has 4 nitrogen and oxygen atoms in total. The molecule has 0 saturated heterocycles. The van der Waals surface area contributed by atoms with Gasteiger partial charge in [0.15, 0.2) is 6.67 Å². The molecule has 0 saturated carbocycles. The molecule has 0 aromatic heterocycles. The van der Waals surface area contributed by atoms with Crippen molar-refractivity contribution in [3.63, 3.8) is 0 Å². The number of hydrogen-bond acceptors (Lipinski definition) is 4. The quantitative estimate of drug-likeness (QED) is 0.582. The summed E-state index contributed by atoms with van der Waals surface area (Å²) in [6.07, 6.45) is 0. The summed E-state index contributed by atoms with van der Waals surface area (Å²) in [6.45, 7) is 6.30. The Morgan fingerprint density at radius 2 is 1.29 bits per heavy atom. The minimum Gasteiger partial charge on any atom is -0.196 e. The molecular formula is C10H30N4. The first-order valence-electron chi connectivity index (χ1n) is 3.20. The second-order valence-electron chi connectivity index (χ2n) is 2.90. The molecule has 0 radical (unpaired) electrons. The topological polar surface area (TPSA) is 49.4 Å². The third kappa shape index (κ3) is 30.3. The summed E-state index contributed by atoms with van der Waals surface area (Å²) in [6, 6.07) is 0. The van der Waals surface area contributed by atoms with Crippen LogP contribution in [0.3, 0.4) is 0 Å². The van der Waals surface area contributed by atoms with Gasteiger partial charge in [-0.05, 0) is 20.8 Å². The summed E-state index contributed by atoms with van der Waals surface area (Å²) < 4.78 is 0. The highest BCUT2D eigenvalue weighted by molar-refractivity contribution is 4.66. The molecule has 0 aliphatic rings. The van der Waals surface area contributed by atoms with E-state index >= 15 is 0 Å². The zero-order valence-electron chi connectivity index (χ0n) is 7.00. The van der Waals surface area contributed by atoms with Crippen LogP contribution < -0.4 is 0 Å². The fourth-order valence-corrected chi connectivity index (χ4v) is 0.335. The van der Waals surface area contributed by atoms with Crippen molar-refractivity contribution in [2.75, 3.05) is 13.7 Å². The van der Waals surface area contributed by atoms with Crippen molar-refractivity contribution >= 4 is 0 Å². The molecule has 0 bridgehead atoms. The Hall–Kier alpha value is -0.800. The molecule has 0 rings (SSSR count). The fourth-order valence-electron chi connectivity index (χ4n) is 0.335. The summed E-state index contributed by atoms with van der Waals surface area (Å²) in [5.41, 5.74) is -0.0940. The lowest BCUT2D eigenvalue weighted by molar-refractivity contribution is 0.538. The molecule has 0 N–H and O–H groups in total. The first-order chi connectivity index (χ1) is 4.56. The molecule has 0 fully saturated rings. The number of azo groups is 2. The highest BCUT2D eigenvalue weighted by Crippen LogP contribution is 2.05. The van der Waals surface area contributed by atoms with Crippen LogP contribution in [0.5, 0.6) is 0 Å². The zero-order chi connectivity index (χ0) is 8.04. The Morgan fingerprint density at radius 3 is 1.57 bits per heavy atom. The van der Waals surface area contributed by atoms with Crippen molar-refractivity contribution in [3.05, 3.63) is 0 Å². The van der Waals surface area contributed by atoms with Gasteiger partial charge in [-0.2, -0.15) is 20.5 Å². The third-order valence-electron chi connectivity index (χ3n) is 0.639. The Morgan fingerprint density at radius 1 is 0.857 bits per heavy atom. The lowest BCUT2D eigenvalue weighted by Gasteiger charge is -2.07. The maximum atomic E-state index is 3.97. The second-order valence-corrected chi connectivity index (χ2v) is 2.90. The van der Waals surface area contributed by atoms with Crippen LogP contribution in [0.1, 0.15) is 50.5 Å². The molecule has 90 valence electrons. The average molecular weight is 206 g/mol. The van der Waals surface area contributed by atoms with Crippen LogP contribution in [0, 0.1) is 0 Å². The minimum absolute atomic E-state index is 0. The van der Waals surface area contributed by atoms with E-state index in [9.17, 15) is 0 Å². The van der Waals surface area contributed by atoms with Gasteiger partial charge in [0.05, 0.1) is 5.54 Å². The van der Waals surface area contributed by atoms with Gasteiger partial charge in [-0.1, -0.05) is 29.7 Å². The van der Waals surface area contributed by atoms with E-state index in [1.165, 1.54) is 0 Å². The van der Waals surface area contributed by atoms with Gasteiger partial charge < -0.3 is 0 Å². The Kier molecular flexibility index (Phi) is 30.7. The SMILES string of the molecule is C.C.C.C.CN=NCN=NC(C)(C)C. The predicted molar refractivity (Wildman–Crippen MR) is 67.2 cm³/mol. The highest BCUT2D eigenvalue weighted by atomic mass is 15.2. The van der Waals surface area contributed by atoms with Gasteiger partial charge in [-0.3, -0.25) is 0 Å². The van der Waals surface area contributed by atoms with Crippen LogP contribution in [0.15, 0.2) is 20.5 Å². The van der Waals surface area contributed by atoms with E-state index in [1.54, 1.807) is 7.05 Å². The number of rotatable bonds is 2.